The first-order valence-corrected chi connectivity index (χ1v) is 11.9. The monoisotopic (exact) mass is 522 g/mol. The number of anilines is 1. The molecule has 0 unspecified atom stereocenters. The van der Waals surface area contributed by atoms with Gasteiger partial charge in [-0.1, -0.05) is 34.1 Å². The van der Waals surface area contributed by atoms with Gasteiger partial charge in [0.25, 0.3) is 0 Å². The van der Waals surface area contributed by atoms with Crippen molar-refractivity contribution in [2.24, 2.45) is 0 Å². The van der Waals surface area contributed by atoms with Gasteiger partial charge in [-0.2, -0.15) is 0 Å². The molecule has 2 aromatic carbocycles. The molecule has 0 aliphatic heterocycles. The minimum absolute atomic E-state index is 0.114. The van der Waals surface area contributed by atoms with Gasteiger partial charge in [-0.25, -0.2) is 4.98 Å². The Balaban J connectivity index is 1.58. The van der Waals surface area contributed by atoms with Crippen LogP contribution in [0.1, 0.15) is 20.8 Å². The standard InChI is InChI=1S/C26H23BrN2O3S/c1-15-13-16(7-10-19(15)27)5-4-6-21(30)25-24(28)18-9-11-20(29-26(18)33-25)17-8-12-22(31-2)23(14-17)32-3/h4,6-14H,5,28H2,1-3H3. The second kappa shape index (κ2) is 9.77. The number of rotatable bonds is 7. The first-order valence-electron chi connectivity index (χ1n) is 10.3. The maximum absolute atomic E-state index is 12.8. The maximum atomic E-state index is 12.8. The topological polar surface area (TPSA) is 74.4 Å². The number of pyridine rings is 1. The van der Waals surface area contributed by atoms with Crippen molar-refractivity contribution in [2.75, 3.05) is 20.0 Å². The predicted molar refractivity (Wildman–Crippen MR) is 139 cm³/mol. The van der Waals surface area contributed by atoms with Gasteiger partial charge < -0.3 is 15.2 Å². The van der Waals surface area contributed by atoms with Gasteiger partial charge in [-0.05, 0) is 66.9 Å². The van der Waals surface area contributed by atoms with E-state index in [-0.39, 0.29) is 5.78 Å². The van der Waals surface area contributed by atoms with E-state index in [9.17, 15) is 4.79 Å². The number of thiophene rings is 1. The number of aryl methyl sites for hydroxylation is 1. The molecule has 0 fully saturated rings. The van der Waals surface area contributed by atoms with Crippen molar-refractivity contribution < 1.29 is 14.3 Å². The summed E-state index contributed by atoms with van der Waals surface area (Å²) in [6.45, 7) is 2.05. The molecule has 5 nitrogen and oxygen atoms in total. The van der Waals surface area contributed by atoms with Crippen LogP contribution < -0.4 is 15.2 Å². The fourth-order valence-corrected chi connectivity index (χ4v) is 4.81. The van der Waals surface area contributed by atoms with E-state index in [1.165, 1.54) is 11.3 Å². The van der Waals surface area contributed by atoms with Gasteiger partial charge in [0.05, 0.1) is 25.6 Å². The van der Waals surface area contributed by atoms with E-state index >= 15 is 0 Å². The molecule has 4 rings (SSSR count). The van der Waals surface area contributed by atoms with Gasteiger partial charge >= 0.3 is 0 Å². The summed E-state index contributed by atoms with van der Waals surface area (Å²) in [5.41, 5.74) is 10.7. The van der Waals surface area contributed by atoms with Gasteiger partial charge in [0.2, 0.25) is 0 Å². The Morgan fingerprint density at radius 3 is 2.61 bits per heavy atom. The Labute approximate surface area is 205 Å². The molecule has 0 radical (unpaired) electrons. The number of hydrogen-bond donors (Lipinski definition) is 1. The molecule has 0 saturated carbocycles. The Hall–Kier alpha value is -3.16. The number of carbonyl (C=O) groups excluding carboxylic acids is 1. The van der Waals surface area contributed by atoms with Crippen LogP contribution in [0.3, 0.4) is 0 Å². The Morgan fingerprint density at radius 2 is 1.88 bits per heavy atom. The highest BCUT2D eigenvalue weighted by Gasteiger charge is 2.16. The number of allylic oxidation sites excluding steroid dienone is 2. The molecule has 4 aromatic rings. The summed E-state index contributed by atoms with van der Waals surface area (Å²) in [7, 11) is 3.20. The van der Waals surface area contributed by atoms with Crippen molar-refractivity contribution in [3.8, 4) is 22.8 Å². The lowest BCUT2D eigenvalue weighted by Gasteiger charge is -2.09. The lowest BCUT2D eigenvalue weighted by molar-refractivity contribution is 0.105. The third-order valence-electron chi connectivity index (χ3n) is 5.34. The maximum Gasteiger partial charge on any atom is 0.197 e. The molecule has 0 bridgehead atoms. The van der Waals surface area contributed by atoms with Gasteiger partial charge in [0.1, 0.15) is 9.71 Å². The van der Waals surface area contributed by atoms with E-state index in [1.807, 2.05) is 55.5 Å². The SMILES string of the molecule is COc1ccc(-c2ccc3c(N)c(C(=O)C=CCc4ccc(Br)c(C)c4)sc3n2)cc1OC. The number of fused-ring (bicyclic) bond motifs is 1. The summed E-state index contributed by atoms with van der Waals surface area (Å²) in [6.07, 6.45) is 4.14. The highest BCUT2D eigenvalue weighted by Crippen LogP contribution is 2.36. The summed E-state index contributed by atoms with van der Waals surface area (Å²) >= 11 is 4.82. The molecule has 2 aromatic heterocycles. The highest BCUT2D eigenvalue weighted by molar-refractivity contribution is 9.10. The van der Waals surface area contributed by atoms with E-state index in [4.69, 9.17) is 20.2 Å². The molecule has 0 aliphatic rings. The normalized spacial score (nSPS) is 11.3. The van der Waals surface area contributed by atoms with E-state index in [0.29, 0.717) is 28.5 Å². The summed E-state index contributed by atoms with van der Waals surface area (Å²) in [6, 6.07) is 15.6. The van der Waals surface area contributed by atoms with Crippen molar-refractivity contribution in [1.82, 2.24) is 4.98 Å². The van der Waals surface area contributed by atoms with Crippen LogP contribution in [0.25, 0.3) is 21.5 Å². The molecular weight excluding hydrogens is 500 g/mol. The third kappa shape index (κ3) is 4.79. The van der Waals surface area contributed by atoms with Crippen LogP contribution in [-0.4, -0.2) is 25.0 Å². The molecule has 2 N–H and O–H groups in total. The van der Waals surface area contributed by atoms with E-state index in [1.54, 1.807) is 20.3 Å². The van der Waals surface area contributed by atoms with Crippen molar-refractivity contribution in [2.45, 2.75) is 13.3 Å². The molecular formula is C26H23BrN2O3S. The Bertz CT molecular complexity index is 1380. The average molecular weight is 523 g/mol. The largest absolute Gasteiger partial charge is 0.493 e. The Morgan fingerprint density at radius 1 is 1.09 bits per heavy atom. The number of hydrogen-bond acceptors (Lipinski definition) is 6. The second-order valence-corrected chi connectivity index (χ2v) is 9.37. The average Bonchev–Trinajstić information content (AvgIpc) is 3.16. The lowest BCUT2D eigenvalue weighted by atomic mass is 10.1. The van der Waals surface area contributed by atoms with Crippen LogP contribution in [0.15, 0.2) is 65.2 Å². The van der Waals surface area contributed by atoms with Crippen LogP contribution in [0, 0.1) is 6.92 Å². The lowest BCUT2D eigenvalue weighted by Crippen LogP contribution is -1.96. The van der Waals surface area contributed by atoms with E-state index < -0.39 is 0 Å². The zero-order valence-electron chi connectivity index (χ0n) is 18.5. The zero-order chi connectivity index (χ0) is 23.5. The van der Waals surface area contributed by atoms with Crippen LogP contribution >= 0.6 is 27.3 Å². The number of carbonyl (C=O) groups is 1. The minimum atomic E-state index is -0.114. The molecule has 0 spiro atoms. The third-order valence-corrected chi connectivity index (χ3v) is 7.36. The molecule has 33 heavy (non-hydrogen) atoms. The summed E-state index contributed by atoms with van der Waals surface area (Å²) in [5.74, 6) is 1.17. The fourth-order valence-electron chi connectivity index (χ4n) is 3.55. The quantitative estimate of drug-likeness (QED) is 0.218. The molecule has 0 aliphatic carbocycles. The number of halogens is 1. The van der Waals surface area contributed by atoms with Gasteiger partial charge in [0, 0.05) is 15.4 Å². The molecule has 168 valence electrons. The zero-order valence-corrected chi connectivity index (χ0v) is 20.9. The van der Waals surface area contributed by atoms with Crippen molar-refractivity contribution in [3.05, 3.63) is 81.2 Å². The highest BCUT2D eigenvalue weighted by atomic mass is 79.9. The molecule has 7 heteroatoms. The van der Waals surface area contributed by atoms with Crippen LogP contribution in [0.4, 0.5) is 5.69 Å². The number of methoxy groups -OCH3 is 2. The minimum Gasteiger partial charge on any atom is -0.493 e. The second-order valence-electron chi connectivity index (χ2n) is 7.52. The number of benzene rings is 2. The van der Waals surface area contributed by atoms with Gasteiger partial charge in [0.15, 0.2) is 17.3 Å². The van der Waals surface area contributed by atoms with Crippen molar-refractivity contribution in [1.29, 1.82) is 0 Å². The summed E-state index contributed by atoms with van der Waals surface area (Å²) in [5, 5.41) is 0.782. The van der Waals surface area contributed by atoms with Crippen molar-refractivity contribution in [3.63, 3.8) is 0 Å². The van der Waals surface area contributed by atoms with Crippen LogP contribution in [-0.2, 0) is 6.42 Å². The van der Waals surface area contributed by atoms with Crippen molar-refractivity contribution >= 4 is 49.0 Å². The number of nitrogen functional groups attached to an aromatic ring is 1. The molecule has 2 heterocycles. The first kappa shape index (κ1) is 23.0. The van der Waals surface area contributed by atoms with Crippen LogP contribution in [0.5, 0.6) is 11.5 Å². The molecule has 0 saturated heterocycles. The summed E-state index contributed by atoms with van der Waals surface area (Å²) < 4.78 is 11.8. The van der Waals surface area contributed by atoms with E-state index in [0.717, 1.165) is 37.1 Å². The number of ketones is 1. The summed E-state index contributed by atoms with van der Waals surface area (Å²) in [4.78, 5) is 18.8. The molecule has 0 atom stereocenters. The molecule has 0 amide bonds. The fraction of sp³-hybridized carbons (Fsp3) is 0.154. The number of aromatic nitrogens is 1. The number of ether oxygens (including phenoxy) is 2. The van der Waals surface area contributed by atoms with Crippen LogP contribution in [0.2, 0.25) is 0 Å². The first-order chi connectivity index (χ1) is 15.9. The van der Waals surface area contributed by atoms with E-state index in [2.05, 4.69) is 22.0 Å². The number of nitrogens with two attached hydrogens (primary N) is 1. The number of nitrogens with zero attached hydrogens (tertiary/aromatic N) is 1. The predicted octanol–water partition coefficient (Wildman–Crippen LogP) is 6.62. The smallest absolute Gasteiger partial charge is 0.197 e. The van der Waals surface area contributed by atoms with Gasteiger partial charge in [-0.3, -0.25) is 4.79 Å². The van der Waals surface area contributed by atoms with Gasteiger partial charge in [-0.15, -0.1) is 11.3 Å². The Kier molecular flexibility index (Phi) is 6.81.